The van der Waals surface area contributed by atoms with Gasteiger partial charge in [-0.3, -0.25) is 4.79 Å². The lowest BCUT2D eigenvalue weighted by atomic mass is 10.1. The number of halogens is 3. The molecule has 0 radical (unpaired) electrons. The lowest BCUT2D eigenvalue weighted by molar-refractivity contribution is -0.170. The summed E-state index contributed by atoms with van der Waals surface area (Å²) < 4.78 is 40.5. The number of phenols is 1. The second kappa shape index (κ2) is 4.42. The molecule has 1 aromatic rings. The van der Waals surface area contributed by atoms with Gasteiger partial charge in [0.25, 0.3) is 0 Å². The molecular formula is C10H9F3O3. The van der Waals surface area contributed by atoms with E-state index in [0.717, 1.165) is 6.07 Å². The number of aromatic hydroxyl groups is 1. The summed E-state index contributed by atoms with van der Waals surface area (Å²) in [6, 6.07) is 3.67. The molecule has 0 atom stereocenters. The van der Waals surface area contributed by atoms with Crippen LogP contribution in [0.2, 0.25) is 0 Å². The van der Waals surface area contributed by atoms with Crippen LogP contribution in [0.15, 0.2) is 18.2 Å². The van der Waals surface area contributed by atoms with E-state index in [2.05, 4.69) is 0 Å². The largest absolute Gasteiger partial charge is 0.504 e. The highest BCUT2D eigenvalue weighted by Gasteiger charge is 2.37. The Morgan fingerprint density at radius 3 is 2.50 bits per heavy atom. The summed E-state index contributed by atoms with van der Waals surface area (Å²) >= 11 is 0. The smallest absolute Gasteiger partial charge is 0.450 e. The average Bonchev–Trinajstić information content (AvgIpc) is 2.16. The summed E-state index contributed by atoms with van der Waals surface area (Å²) in [4.78, 5) is 10.7. The SMILES string of the molecule is COc1ccc(CC(=O)C(F)(F)F)cc1O. The molecule has 0 unspecified atom stereocenters. The summed E-state index contributed by atoms with van der Waals surface area (Å²) in [6.07, 6.45) is -5.64. The first kappa shape index (κ1) is 12.4. The first-order valence-corrected chi connectivity index (χ1v) is 4.30. The summed E-state index contributed by atoms with van der Waals surface area (Å²) in [7, 11) is 1.32. The Labute approximate surface area is 89.5 Å². The Morgan fingerprint density at radius 1 is 1.44 bits per heavy atom. The van der Waals surface area contributed by atoms with Gasteiger partial charge in [-0.25, -0.2) is 0 Å². The molecule has 0 aliphatic heterocycles. The third-order valence-corrected chi connectivity index (χ3v) is 1.92. The van der Waals surface area contributed by atoms with Crippen molar-refractivity contribution >= 4 is 5.78 Å². The van der Waals surface area contributed by atoms with Crippen LogP contribution in [0.5, 0.6) is 11.5 Å². The molecule has 16 heavy (non-hydrogen) atoms. The number of carbonyl (C=O) groups is 1. The first-order chi connectivity index (χ1) is 7.34. The number of rotatable bonds is 3. The van der Waals surface area contributed by atoms with Gasteiger partial charge in [-0.2, -0.15) is 13.2 Å². The predicted molar refractivity (Wildman–Crippen MR) is 49.4 cm³/mol. The van der Waals surface area contributed by atoms with E-state index in [1.165, 1.54) is 19.2 Å². The third kappa shape index (κ3) is 2.88. The minimum Gasteiger partial charge on any atom is -0.504 e. The van der Waals surface area contributed by atoms with Crippen molar-refractivity contribution in [3.63, 3.8) is 0 Å². The van der Waals surface area contributed by atoms with Crippen LogP contribution >= 0.6 is 0 Å². The summed E-state index contributed by atoms with van der Waals surface area (Å²) in [5.74, 6) is -2.00. The highest BCUT2D eigenvalue weighted by molar-refractivity contribution is 5.86. The monoisotopic (exact) mass is 234 g/mol. The fraction of sp³-hybridized carbons (Fsp3) is 0.300. The molecular weight excluding hydrogens is 225 g/mol. The lowest BCUT2D eigenvalue weighted by Gasteiger charge is -2.07. The topological polar surface area (TPSA) is 46.5 Å². The molecule has 0 aliphatic carbocycles. The number of alkyl halides is 3. The molecule has 3 nitrogen and oxygen atoms in total. The van der Waals surface area contributed by atoms with Crippen LogP contribution < -0.4 is 4.74 Å². The van der Waals surface area contributed by atoms with E-state index in [-0.39, 0.29) is 17.1 Å². The fourth-order valence-electron chi connectivity index (χ4n) is 1.13. The van der Waals surface area contributed by atoms with Gasteiger partial charge in [-0.05, 0) is 17.7 Å². The van der Waals surface area contributed by atoms with Crippen molar-refractivity contribution in [2.24, 2.45) is 0 Å². The number of ketones is 1. The zero-order chi connectivity index (χ0) is 12.3. The number of hydrogen-bond acceptors (Lipinski definition) is 3. The van der Waals surface area contributed by atoms with Gasteiger partial charge in [0.2, 0.25) is 5.78 Å². The Balaban J connectivity index is 2.84. The standard InChI is InChI=1S/C10H9F3O3/c1-16-8-3-2-6(4-7(8)14)5-9(15)10(11,12)13/h2-4,14H,5H2,1H3. The van der Waals surface area contributed by atoms with Crippen molar-refractivity contribution in [2.75, 3.05) is 7.11 Å². The van der Waals surface area contributed by atoms with Crippen molar-refractivity contribution < 1.29 is 27.8 Å². The van der Waals surface area contributed by atoms with Crippen LogP contribution in [0, 0.1) is 0 Å². The second-order valence-corrected chi connectivity index (χ2v) is 3.10. The molecule has 0 aliphatic rings. The van der Waals surface area contributed by atoms with E-state index in [0.29, 0.717) is 0 Å². The maximum Gasteiger partial charge on any atom is 0.450 e. The summed E-state index contributed by atoms with van der Waals surface area (Å²) in [5, 5.41) is 9.29. The molecule has 0 saturated heterocycles. The molecule has 6 heteroatoms. The van der Waals surface area contributed by atoms with Crippen LogP contribution in [0.1, 0.15) is 5.56 Å². The summed E-state index contributed by atoms with van der Waals surface area (Å²) in [5.41, 5.74) is 0.0839. The van der Waals surface area contributed by atoms with Crippen molar-refractivity contribution in [1.82, 2.24) is 0 Å². The van der Waals surface area contributed by atoms with E-state index >= 15 is 0 Å². The molecule has 0 heterocycles. The minimum absolute atomic E-state index is 0.0839. The molecule has 0 bridgehead atoms. The van der Waals surface area contributed by atoms with Gasteiger partial charge in [-0.1, -0.05) is 6.07 Å². The first-order valence-electron chi connectivity index (χ1n) is 4.30. The molecule has 0 amide bonds. The maximum absolute atomic E-state index is 11.9. The Morgan fingerprint density at radius 2 is 2.06 bits per heavy atom. The van der Waals surface area contributed by atoms with Crippen molar-refractivity contribution in [3.05, 3.63) is 23.8 Å². The minimum atomic E-state index is -4.85. The fourth-order valence-corrected chi connectivity index (χ4v) is 1.13. The number of benzene rings is 1. The van der Waals surface area contributed by atoms with Gasteiger partial charge < -0.3 is 9.84 Å². The van der Waals surface area contributed by atoms with Crippen LogP contribution in [-0.2, 0) is 11.2 Å². The molecule has 88 valence electrons. The number of ether oxygens (including phenoxy) is 1. The van der Waals surface area contributed by atoms with E-state index in [9.17, 15) is 23.1 Å². The average molecular weight is 234 g/mol. The predicted octanol–water partition coefficient (Wildman–Crippen LogP) is 2.07. The Bertz CT molecular complexity index is 399. The highest BCUT2D eigenvalue weighted by atomic mass is 19.4. The van der Waals surface area contributed by atoms with Gasteiger partial charge in [0.15, 0.2) is 11.5 Å². The third-order valence-electron chi connectivity index (χ3n) is 1.92. The van der Waals surface area contributed by atoms with Crippen molar-refractivity contribution in [2.45, 2.75) is 12.6 Å². The van der Waals surface area contributed by atoms with E-state index in [4.69, 9.17) is 4.74 Å². The van der Waals surface area contributed by atoms with Gasteiger partial charge in [-0.15, -0.1) is 0 Å². The van der Waals surface area contributed by atoms with Crippen LogP contribution in [0.4, 0.5) is 13.2 Å². The van der Waals surface area contributed by atoms with Gasteiger partial charge >= 0.3 is 6.18 Å². The molecule has 1 N–H and O–H groups in total. The number of hydrogen-bond donors (Lipinski definition) is 1. The van der Waals surface area contributed by atoms with Crippen LogP contribution in [-0.4, -0.2) is 24.2 Å². The highest BCUT2D eigenvalue weighted by Crippen LogP contribution is 2.27. The number of carbonyl (C=O) groups excluding carboxylic acids is 1. The quantitative estimate of drug-likeness (QED) is 0.870. The van der Waals surface area contributed by atoms with E-state index < -0.39 is 18.4 Å². The van der Waals surface area contributed by atoms with E-state index in [1.54, 1.807) is 0 Å². The normalized spacial score (nSPS) is 11.2. The Kier molecular flexibility index (Phi) is 3.41. The zero-order valence-corrected chi connectivity index (χ0v) is 8.34. The van der Waals surface area contributed by atoms with Gasteiger partial charge in [0, 0.05) is 6.42 Å². The van der Waals surface area contributed by atoms with Crippen molar-refractivity contribution in [1.29, 1.82) is 0 Å². The lowest BCUT2D eigenvalue weighted by Crippen LogP contribution is -2.24. The molecule has 0 spiro atoms. The van der Waals surface area contributed by atoms with Crippen molar-refractivity contribution in [3.8, 4) is 11.5 Å². The zero-order valence-electron chi connectivity index (χ0n) is 8.34. The Hall–Kier alpha value is -1.72. The second-order valence-electron chi connectivity index (χ2n) is 3.10. The van der Waals surface area contributed by atoms with E-state index in [1.807, 2.05) is 0 Å². The molecule has 1 rings (SSSR count). The van der Waals surface area contributed by atoms with Gasteiger partial charge in [0.05, 0.1) is 7.11 Å². The molecule has 0 saturated carbocycles. The number of phenolic OH excluding ortho intramolecular Hbond substituents is 1. The molecule has 0 fully saturated rings. The number of Topliss-reactive ketones (excluding diaryl/α,β-unsaturated/α-hetero) is 1. The summed E-state index contributed by atoms with van der Waals surface area (Å²) in [6.45, 7) is 0. The van der Waals surface area contributed by atoms with Crippen LogP contribution in [0.3, 0.4) is 0 Å². The number of methoxy groups -OCH3 is 1. The van der Waals surface area contributed by atoms with Gasteiger partial charge in [0.1, 0.15) is 0 Å². The van der Waals surface area contributed by atoms with Crippen LogP contribution in [0.25, 0.3) is 0 Å². The maximum atomic E-state index is 11.9. The molecule has 1 aromatic carbocycles. The molecule has 0 aromatic heterocycles.